The molecule has 0 aromatic rings. The fraction of sp³-hybridized carbons (Fsp3) is 0.818. The molecule has 0 radical (unpaired) electrons. The summed E-state index contributed by atoms with van der Waals surface area (Å²) in [5.41, 5.74) is 5.43. The van der Waals surface area contributed by atoms with Crippen LogP contribution in [-0.4, -0.2) is 61.1 Å². The van der Waals surface area contributed by atoms with E-state index >= 15 is 0 Å². The number of hydrogen-bond acceptors (Lipinski definition) is 3. The minimum absolute atomic E-state index is 0.0175. The molecule has 6 heteroatoms. The van der Waals surface area contributed by atoms with Crippen LogP contribution in [0.25, 0.3) is 0 Å². The summed E-state index contributed by atoms with van der Waals surface area (Å²) < 4.78 is 5.22. The number of amides is 2. The van der Waals surface area contributed by atoms with Gasteiger partial charge in [0.25, 0.3) is 0 Å². The van der Waals surface area contributed by atoms with Crippen LogP contribution in [0.2, 0.25) is 0 Å². The highest BCUT2D eigenvalue weighted by Gasteiger charge is 2.23. The summed E-state index contributed by atoms with van der Waals surface area (Å²) in [6, 6.07) is 0.0175. The van der Waals surface area contributed by atoms with Gasteiger partial charge >= 0.3 is 6.03 Å². The van der Waals surface area contributed by atoms with E-state index in [9.17, 15) is 4.79 Å². The molecule has 1 saturated heterocycles. The molecule has 0 aromatic carbocycles. The van der Waals surface area contributed by atoms with Crippen molar-refractivity contribution < 1.29 is 9.53 Å². The molecule has 0 saturated carbocycles. The number of amidine groups is 1. The standard InChI is InChI=1S/C11H22N4O2/c1-3-14(8-9(2)10(12)13)11(16)15-4-6-17-7-5-15/h9H,3-8H2,1-2H3,(H3,12,13). The lowest BCUT2D eigenvalue weighted by atomic mass is 10.1. The highest BCUT2D eigenvalue weighted by molar-refractivity contribution is 5.80. The molecule has 1 fully saturated rings. The van der Waals surface area contributed by atoms with Gasteiger partial charge < -0.3 is 20.3 Å². The van der Waals surface area contributed by atoms with Crippen molar-refractivity contribution in [2.45, 2.75) is 13.8 Å². The second kappa shape index (κ2) is 6.44. The molecule has 1 atom stereocenters. The number of carbonyl (C=O) groups excluding carboxylic acids is 1. The fourth-order valence-electron chi connectivity index (χ4n) is 1.73. The molecular formula is C11H22N4O2. The molecule has 1 rings (SSSR count). The Bertz CT molecular complexity index is 277. The number of morpholine rings is 1. The summed E-state index contributed by atoms with van der Waals surface area (Å²) in [6.45, 7) is 7.42. The Morgan fingerprint density at radius 3 is 2.59 bits per heavy atom. The lowest BCUT2D eigenvalue weighted by molar-refractivity contribution is 0.0432. The van der Waals surface area contributed by atoms with Crippen LogP contribution < -0.4 is 5.73 Å². The van der Waals surface area contributed by atoms with Crippen LogP contribution in [0.5, 0.6) is 0 Å². The maximum absolute atomic E-state index is 12.2. The number of nitrogens with one attached hydrogen (secondary N) is 1. The van der Waals surface area contributed by atoms with Gasteiger partial charge in [-0.15, -0.1) is 0 Å². The molecule has 3 N–H and O–H groups in total. The molecule has 17 heavy (non-hydrogen) atoms. The van der Waals surface area contributed by atoms with Crippen LogP contribution in [0.15, 0.2) is 0 Å². The summed E-state index contributed by atoms with van der Waals surface area (Å²) >= 11 is 0. The van der Waals surface area contributed by atoms with Gasteiger partial charge in [0.2, 0.25) is 0 Å². The predicted octanol–water partition coefficient (Wildman–Crippen LogP) is 0.333. The van der Waals surface area contributed by atoms with Crippen molar-refractivity contribution in [3.8, 4) is 0 Å². The number of hydrogen-bond donors (Lipinski definition) is 2. The summed E-state index contributed by atoms with van der Waals surface area (Å²) in [7, 11) is 0. The van der Waals surface area contributed by atoms with Gasteiger partial charge in [-0.2, -0.15) is 0 Å². The molecule has 0 aromatic heterocycles. The van der Waals surface area contributed by atoms with Crippen LogP contribution in [0.3, 0.4) is 0 Å². The van der Waals surface area contributed by atoms with Crippen LogP contribution >= 0.6 is 0 Å². The van der Waals surface area contributed by atoms with Gasteiger partial charge in [-0.25, -0.2) is 4.79 Å². The van der Waals surface area contributed by atoms with Crippen molar-refractivity contribution in [3.63, 3.8) is 0 Å². The SMILES string of the molecule is CCN(CC(C)C(=N)N)C(=O)N1CCOCC1. The molecular weight excluding hydrogens is 220 g/mol. The summed E-state index contributed by atoms with van der Waals surface area (Å²) in [4.78, 5) is 15.7. The van der Waals surface area contributed by atoms with E-state index < -0.39 is 0 Å². The Morgan fingerprint density at radius 2 is 2.12 bits per heavy atom. The first-order chi connectivity index (χ1) is 8.06. The number of nitrogens with zero attached hydrogens (tertiary/aromatic N) is 2. The van der Waals surface area contributed by atoms with Crippen LogP contribution in [-0.2, 0) is 4.74 Å². The number of urea groups is 1. The number of nitrogens with two attached hydrogens (primary N) is 1. The predicted molar refractivity (Wildman–Crippen MR) is 66.1 cm³/mol. The second-order valence-corrected chi connectivity index (χ2v) is 4.28. The number of ether oxygens (including phenoxy) is 1. The molecule has 1 aliphatic heterocycles. The average Bonchev–Trinajstić information content (AvgIpc) is 2.35. The van der Waals surface area contributed by atoms with Crippen molar-refractivity contribution >= 4 is 11.9 Å². The zero-order valence-electron chi connectivity index (χ0n) is 10.6. The Morgan fingerprint density at radius 1 is 1.53 bits per heavy atom. The van der Waals surface area contributed by atoms with E-state index in [0.717, 1.165) is 0 Å². The molecule has 6 nitrogen and oxygen atoms in total. The zero-order valence-corrected chi connectivity index (χ0v) is 10.6. The number of carbonyl (C=O) groups is 1. The van der Waals surface area contributed by atoms with Crippen LogP contribution in [0, 0.1) is 11.3 Å². The third-order valence-corrected chi connectivity index (χ3v) is 2.96. The minimum atomic E-state index is -0.0973. The third kappa shape index (κ3) is 3.89. The average molecular weight is 242 g/mol. The van der Waals surface area contributed by atoms with Crippen molar-refractivity contribution in [1.29, 1.82) is 5.41 Å². The van der Waals surface area contributed by atoms with Gasteiger partial charge in [0.1, 0.15) is 0 Å². The van der Waals surface area contributed by atoms with Gasteiger partial charge in [0, 0.05) is 32.1 Å². The summed E-state index contributed by atoms with van der Waals surface area (Å²) in [5, 5.41) is 7.36. The third-order valence-electron chi connectivity index (χ3n) is 2.96. The van der Waals surface area contributed by atoms with E-state index in [1.165, 1.54) is 0 Å². The minimum Gasteiger partial charge on any atom is -0.387 e. The highest BCUT2D eigenvalue weighted by atomic mass is 16.5. The first-order valence-electron chi connectivity index (χ1n) is 6.01. The van der Waals surface area contributed by atoms with Gasteiger partial charge in [0.15, 0.2) is 0 Å². The Balaban J connectivity index is 2.53. The van der Waals surface area contributed by atoms with E-state index in [2.05, 4.69) is 0 Å². The molecule has 1 heterocycles. The van der Waals surface area contributed by atoms with Gasteiger partial charge in [-0.1, -0.05) is 6.92 Å². The summed E-state index contributed by atoms with van der Waals surface area (Å²) in [5.74, 6) is 0.0261. The van der Waals surface area contributed by atoms with E-state index in [-0.39, 0.29) is 17.8 Å². The Kier molecular flexibility index (Phi) is 5.21. The highest BCUT2D eigenvalue weighted by Crippen LogP contribution is 2.06. The molecule has 98 valence electrons. The maximum atomic E-state index is 12.2. The maximum Gasteiger partial charge on any atom is 0.320 e. The van der Waals surface area contributed by atoms with E-state index in [4.69, 9.17) is 15.9 Å². The summed E-state index contributed by atoms with van der Waals surface area (Å²) in [6.07, 6.45) is 0. The molecule has 0 spiro atoms. The lowest BCUT2D eigenvalue weighted by Crippen LogP contribution is -2.50. The topological polar surface area (TPSA) is 82.7 Å². The quantitative estimate of drug-likeness (QED) is 0.550. The number of rotatable bonds is 4. The van der Waals surface area contributed by atoms with Crippen molar-refractivity contribution in [2.75, 3.05) is 39.4 Å². The fourth-order valence-corrected chi connectivity index (χ4v) is 1.73. The van der Waals surface area contributed by atoms with Gasteiger partial charge in [0.05, 0.1) is 19.0 Å². The van der Waals surface area contributed by atoms with E-state index in [1.807, 2.05) is 13.8 Å². The monoisotopic (exact) mass is 242 g/mol. The second-order valence-electron chi connectivity index (χ2n) is 4.28. The Labute approximate surface area is 102 Å². The first kappa shape index (κ1) is 13.8. The molecule has 2 amide bonds. The first-order valence-corrected chi connectivity index (χ1v) is 6.01. The molecule has 1 unspecified atom stereocenters. The zero-order chi connectivity index (χ0) is 12.8. The van der Waals surface area contributed by atoms with Crippen LogP contribution in [0.1, 0.15) is 13.8 Å². The van der Waals surface area contributed by atoms with Crippen molar-refractivity contribution in [3.05, 3.63) is 0 Å². The largest absolute Gasteiger partial charge is 0.387 e. The van der Waals surface area contributed by atoms with Gasteiger partial charge in [-0.05, 0) is 6.92 Å². The molecule has 1 aliphatic rings. The van der Waals surface area contributed by atoms with E-state index in [1.54, 1.807) is 9.80 Å². The van der Waals surface area contributed by atoms with Crippen LogP contribution in [0.4, 0.5) is 4.79 Å². The smallest absolute Gasteiger partial charge is 0.320 e. The van der Waals surface area contributed by atoms with Gasteiger partial charge in [-0.3, -0.25) is 5.41 Å². The van der Waals surface area contributed by atoms with E-state index in [0.29, 0.717) is 39.4 Å². The van der Waals surface area contributed by atoms with Crippen molar-refractivity contribution in [2.24, 2.45) is 11.7 Å². The molecule has 0 bridgehead atoms. The molecule has 0 aliphatic carbocycles. The normalized spacial score (nSPS) is 17.6. The lowest BCUT2D eigenvalue weighted by Gasteiger charge is -2.33. The van der Waals surface area contributed by atoms with Crippen molar-refractivity contribution in [1.82, 2.24) is 9.80 Å². The Hall–Kier alpha value is -1.30.